The number of furan rings is 1. The van der Waals surface area contributed by atoms with Crippen LogP contribution in [0.3, 0.4) is 0 Å². The van der Waals surface area contributed by atoms with E-state index in [9.17, 15) is 0 Å². The van der Waals surface area contributed by atoms with E-state index in [-0.39, 0.29) is 0 Å². The number of nitrogens with zero attached hydrogens (tertiary/aromatic N) is 2. The highest BCUT2D eigenvalue weighted by molar-refractivity contribution is 9.10. The number of aromatic nitrogens is 2. The molecule has 4 aromatic carbocycles. The molecule has 35 heavy (non-hydrogen) atoms. The Morgan fingerprint density at radius 1 is 0.800 bits per heavy atom. The number of hydrogen-bond donors (Lipinski definition) is 1. The second-order valence-corrected chi connectivity index (χ2v) is 9.34. The molecule has 0 atom stereocenters. The van der Waals surface area contributed by atoms with Crippen LogP contribution in [0.5, 0.6) is 11.5 Å². The van der Waals surface area contributed by atoms with Gasteiger partial charge in [0.05, 0.1) is 22.8 Å². The standard InChI is InChI=1S/C29H22BrN3O2/c1-18-14-19(2)33(32-18)20-8-7-9-21(15-20)34-22-16-24-23-10-3-6-13-28(23)35-29(24)27(17-22)31-26-12-5-4-11-25(26)30/h3-17,31H,1-2H3. The van der Waals surface area contributed by atoms with Gasteiger partial charge in [-0.15, -0.1) is 0 Å². The van der Waals surface area contributed by atoms with E-state index >= 15 is 0 Å². The molecule has 1 N–H and O–H groups in total. The molecule has 0 aliphatic rings. The first-order valence-corrected chi connectivity index (χ1v) is 12.1. The predicted octanol–water partition coefficient (Wildman–Crippen LogP) is 8.69. The van der Waals surface area contributed by atoms with Crippen LogP contribution < -0.4 is 10.1 Å². The van der Waals surface area contributed by atoms with Crippen molar-refractivity contribution in [2.45, 2.75) is 13.8 Å². The van der Waals surface area contributed by atoms with E-state index in [0.29, 0.717) is 5.75 Å². The smallest absolute Gasteiger partial charge is 0.159 e. The van der Waals surface area contributed by atoms with E-state index in [0.717, 1.165) is 60.6 Å². The molecule has 6 heteroatoms. The molecule has 0 aliphatic carbocycles. The highest BCUT2D eigenvalue weighted by atomic mass is 79.9. The van der Waals surface area contributed by atoms with Gasteiger partial charge in [0.15, 0.2) is 5.58 Å². The first kappa shape index (κ1) is 21.5. The Hall–Kier alpha value is -4.03. The molecule has 0 radical (unpaired) electrons. The SMILES string of the molecule is Cc1cc(C)n(-c2cccc(Oc3cc(Nc4ccccc4Br)c4oc5ccccc5c4c3)c2)n1. The van der Waals surface area contributed by atoms with E-state index in [1.54, 1.807) is 0 Å². The normalized spacial score (nSPS) is 11.3. The molecule has 0 fully saturated rings. The fourth-order valence-electron chi connectivity index (χ4n) is 4.37. The average Bonchev–Trinajstić information content (AvgIpc) is 3.40. The zero-order chi connectivity index (χ0) is 23.9. The minimum absolute atomic E-state index is 0.712. The fourth-order valence-corrected chi connectivity index (χ4v) is 4.75. The lowest BCUT2D eigenvalue weighted by molar-refractivity contribution is 0.483. The Balaban J connectivity index is 1.45. The van der Waals surface area contributed by atoms with Crippen LogP contribution in [0.4, 0.5) is 11.4 Å². The van der Waals surface area contributed by atoms with Crippen LogP contribution in [-0.4, -0.2) is 9.78 Å². The van der Waals surface area contributed by atoms with Gasteiger partial charge in [-0.25, -0.2) is 4.68 Å². The lowest BCUT2D eigenvalue weighted by Crippen LogP contribution is -1.99. The number of para-hydroxylation sites is 2. The van der Waals surface area contributed by atoms with E-state index in [1.165, 1.54) is 0 Å². The van der Waals surface area contributed by atoms with Gasteiger partial charge in [0.25, 0.3) is 0 Å². The van der Waals surface area contributed by atoms with Gasteiger partial charge in [0.1, 0.15) is 17.1 Å². The molecule has 0 unspecified atom stereocenters. The lowest BCUT2D eigenvalue weighted by Gasteiger charge is -2.13. The van der Waals surface area contributed by atoms with Crippen molar-refractivity contribution in [1.29, 1.82) is 0 Å². The number of rotatable bonds is 5. The molecule has 0 aliphatic heterocycles. The Kier molecular flexibility index (Phi) is 5.30. The molecular weight excluding hydrogens is 502 g/mol. The number of halogens is 1. The van der Waals surface area contributed by atoms with Crippen molar-refractivity contribution in [3.05, 3.63) is 107 Å². The van der Waals surface area contributed by atoms with Gasteiger partial charge in [0.2, 0.25) is 0 Å². The summed E-state index contributed by atoms with van der Waals surface area (Å²) < 4.78 is 15.5. The molecule has 0 amide bonds. The lowest BCUT2D eigenvalue weighted by atomic mass is 10.1. The zero-order valence-corrected chi connectivity index (χ0v) is 20.8. The van der Waals surface area contributed by atoms with Gasteiger partial charge < -0.3 is 14.5 Å². The maximum absolute atomic E-state index is 6.39. The van der Waals surface area contributed by atoms with Crippen molar-refractivity contribution in [1.82, 2.24) is 9.78 Å². The molecule has 6 aromatic rings. The minimum atomic E-state index is 0.712. The third kappa shape index (κ3) is 4.06. The number of hydrogen-bond acceptors (Lipinski definition) is 4. The Bertz CT molecular complexity index is 1700. The third-order valence-electron chi connectivity index (χ3n) is 5.90. The summed E-state index contributed by atoms with van der Waals surface area (Å²) in [5, 5.41) is 10.1. The molecule has 2 aromatic heterocycles. The van der Waals surface area contributed by atoms with Crippen LogP contribution in [0, 0.1) is 13.8 Å². The van der Waals surface area contributed by atoms with E-state index in [1.807, 2.05) is 97.4 Å². The molecule has 0 bridgehead atoms. The zero-order valence-electron chi connectivity index (χ0n) is 19.2. The van der Waals surface area contributed by atoms with Gasteiger partial charge >= 0.3 is 0 Å². The number of anilines is 2. The summed E-state index contributed by atoms with van der Waals surface area (Å²) in [7, 11) is 0. The Morgan fingerprint density at radius 2 is 1.63 bits per heavy atom. The van der Waals surface area contributed by atoms with Crippen LogP contribution in [0.25, 0.3) is 27.6 Å². The highest BCUT2D eigenvalue weighted by Gasteiger charge is 2.15. The Labute approximate surface area is 211 Å². The van der Waals surface area contributed by atoms with Crippen molar-refractivity contribution in [3.8, 4) is 17.2 Å². The van der Waals surface area contributed by atoms with Gasteiger partial charge in [-0.05, 0) is 72.2 Å². The summed E-state index contributed by atoms with van der Waals surface area (Å²) >= 11 is 3.63. The summed E-state index contributed by atoms with van der Waals surface area (Å²) in [6, 6.07) is 30.1. The fraction of sp³-hybridized carbons (Fsp3) is 0.0690. The van der Waals surface area contributed by atoms with E-state index in [2.05, 4.69) is 38.5 Å². The van der Waals surface area contributed by atoms with Crippen LogP contribution in [-0.2, 0) is 0 Å². The third-order valence-corrected chi connectivity index (χ3v) is 6.59. The van der Waals surface area contributed by atoms with Gasteiger partial charge in [0, 0.05) is 33.1 Å². The molecule has 0 spiro atoms. The van der Waals surface area contributed by atoms with Crippen molar-refractivity contribution in [2.75, 3.05) is 5.32 Å². The van der Waals surface area contributed by atoms with Crippen LogP contribution in [0.2, 0.25) is 0 Å². The van der Waals surface area contributed by atoms with Crippen molar-refractivity contribution < 1.29 is 9.15 Å². The van der Waals surface area contributed by atoms with Crippen LogP contribution >= 0.6 is 15.9 Å². The van der Waals surface area contributed by atoms with E-state index in [4.69, 9.17) is 9.15 Å². The quantitative estimate of drug-likeness (QED) is 0.245. The number of benzene rings is 4. The topological polar surface area (TPSA) is 52.2 Å². The molecule has 5 nitrogen and oxygen atoms in total. The van der Waals surface area contributed by atoms with Gasteiger partial charge in [-0.1, -0.05) is 36.4 Å². The first-order chi connectivity index (χ1) is 17.0. The summed E-state index contributed by atoms with van der Waals surface area (Å²) in [4.78, 5) is 0. The molecule has 0 saturated carbocycles. The van der Waals surface area contributed by atoms with Gasteiger partial charge in [-0.3, -0.25) is 0 Å². The molecular formula is C29H22BrN3O2. The van der Waals surface area contributed by atoms with Crippen molar-refractivity contribution in [2.24, 2.45) is 0 Å². The maximum Gasteiger partial charge on any atom is 0.159 e. The number of nitrogens with one attached hydrogen (secondary N) is 1. The highest BCUT2D eigenvalue weighted by Crippen LogP contribution is 2.40. The summed E-state index contributed by atoms with van der Waals surface area (Å²) in [5.74, 6) is 1.44. The van der Waals surface area contributed by atoms with Crippen molar-refractivity contribution >= 4 is 49.2 Å². The molecule has 172 valence electrons. The predicted molar refractivity (Wildman–Crippen MR) is 144 cm³/mol. The number of ether oxygens (including phenoxy) is 1. The molecule has 6 rings (SSSR count). The molecule has 2 heterocycles. The van der Waals surface area contributed by atoms with Gasteiger partial charge in [-0.2, -0.15) is 5.10 Å². The van der Waals surface area contributed by atoms with E-state index < -0.39 is 0 Å². The van der Waals surface area contributed by atoms with Crippen LogP contribution in [0.15, 0.2) is 99.9 Å². The van der Waals surface area contributed by atoms with Crippen LogP contribution in [0.1, 0.15) is 11.4 Å². The monoisotopic (exact) mass is 523 g/mol. The molecule has 0 saturated heterocycles. The maximum atomic E-state index is 6.39. The average molecular weight is 524 g/mol. The number of aryl methyl sites for hydroxylation is 2. The first-order valence-electron chi connectivity index (χ1n) is 11.3. The minimum Gasteiger partial charge on any atom is -0.457 e. The van der Waals surface area contributed by atoms with Crippen molar-refractivity contribution in [3.63, 3.8) is 0 Å². The number of fused-ring (bicyclic) bond motifs is 3. The summed E-state index contributed by atoms with van der Waals surface area (Å²) in [5.41, 5.74) is 6.40. The second kappa shape index (κ2) is 8.64. The largest absolute Gasteiger partial charge is 0.457 e. The Morgan fingerprint density at radius 3 is 2.46 bits per heavy atom. The summed E-state index contributed by atoms with van der Waals surface area (Å²) in [6.45, 7) is 4.04. The summed E-state index contributed by atoms with van der Waals surface area (Å²) in [6.07, 6.45) is 0. The second-order valence-electron chi connectivity index (χ2n) is 8.49.